The predicted molar refractivity (Wildman–Crippen MR) is 283 cm³/mol. The Morgan fingerprint density at radius 3 is 1.43 bits per heavy atom. The molecule has 5 aromatic heterocycles. The summed E-state index contributed by atoms with van der Waals surface area (Å²) in [6, 6.07) is 36.7. The smallest absolute Gasteiger partial charge is 0.476 e. The minimum atomic E-state index is -1.05. The van der Waals surface area contributed by atoms with Gasteiger partial charge in [-0.05, 0) is 161 Å². The molecule has 74 heavy (non-hydrogen) atoms. The number of halogens is 4. The molecule has 9 rings (SSSR count). The summed E-state index contributed by atoms with van der Waals surface area (Å²) in [5.74, 6) is -0.643. The molecule has 1 aliphatic rings. The van der Waals surface area contributed by atoms with E-state index in [0.29, 0.717) is 41.3 Å². The number of aromatic nitrogens is 7. The number of nitrogens with one attached hydrogen (secondary N) is 1. The number of anilines is 3. The largest absolute Gasteiger partial charge is 0.496 e. The maximum absolute atomic E-state index is 13.2. The summed E-state index contributed by atoms with van der Waals surface area (Å²) in [6.45, 7) is 11.6. The van der Waals surface area contributed by atoms with E-state index in [4.69, 9.17) is 25.9 Å². The van der Waals surface area contributed by atoms with Crippen LogP contribution in [0.1, 0.15) is 87.9 Å². The number of aromatic carboxylic acids is 1. The molecule has 15 nitrogen and oxygen atoms in total. The van der Waals surface area contributed by atoms with E-state index in [2.05, 4.69) is 56.6 Å². The van der Waals surface area contributed by atoms with E-state index in [0.717, 1.165) is 39.0 Å². The van der Waals surface area contributed by atoms with Gasteiger partial charge in [-0.1, -0.05) is 70.5 Å². The van der Waals surface area contributed by atoms with Crippen LogP contribution in [-0.2, 0) is 27.5 Å². The van der Waals surface area contributed by atoms with Crippen LogP contribution in [0.4, 0.5) is 30.6 Å². The van der Waals surface area contributed by atoms with Crippen LogP contribution in [0, 0.1) is 31.3 Å². The molecule has 8 aromatic rings. The predicted octanol–water partition coefficient (Wildman–Crippen LogP) is 9.72. The monoisotopic (exact) mass is 1070 g/mol. The third-order valence-corrected chi connectivity index (χ3v) is 11.6. The fraction of sp³-hybridized carbons (Fsp3) is 0.204. The summed E-state index contributed by atoms with van der Waals surface area (Å²) < 4.78 is 50.2. The Kier molecular flexibility index (Phi) is 20.9. The first kappa shape index (κ1) is 57.0. The fourth-order valence-electron chi connectivity index (χ4n) is 6.28. The van der Waals surface area contributed by atoms with Crippen molar-refractivity contribution in [2.24, 2.45) is 0 Å². The highest BCUT2D eigenvalue weighted by Gasteiger charge is 2.51. The summed E-state index contributed by atoms with van der Waals surface area (Å²) in [4.78, 5) is 34.5. The minimum Gasteiger partial charge on any atom is -0.476 e. The Morgan fingerprint density at radius 1 is 0.581 bits per heavy atom. The molecule has 0 spiro atoms. The van der Waals surface area contributed by atoms with Crippen molar-refractivity contribution < 1.29 is 37.2 Å². The normalized spacial score (nSPS) is 12.7. The number of hydrogen-bond acceptors (Lipinski definition) is 13. The van der Waals surface area contributed by atoms with Gasteiger partial charge in [0.05, 0.1) is 22.6 Å². The highest BCUT2D eigenvalue weighted by molar-refractivity contribution is 9.08. The molecule has 382 valence electrons. The number of carboxylic acid groups (broad SMARTS) is 1. The number of rotatable bonds is 9. The average molecular weight is 1070 g/mol. The van der Waals surface area contributed by atoms with Gasteiger partial charge in [0.15, 0.2) is 11.4 Å². The van der Waals surface area contributed by atoms with E-state index in [1.54, 1.807) is 87.0 Å². The van der Waals surface area contributed by atoms with E-state index in [1.165, 1.54) is 42.5 Å². The van der Waals surface area contributed by atoms with Crippen molar-refractivity contribution in [3.63, 3.8) is 0 Å². The number of carbonyl (C=O) groups is 2. The first-order valence-corrected chi connectivity index (χ1v) is 24.0. The Morgan fingerprint density at radius 2 is 1.04 bits per heavy atom. The van der Waals surface area contributed by atoms with E-state index < -0.39 is 5.97 Å². The number of carbonyl (C=O) groups excluding carboxylic acids is 1. The number of aryl methyl sites for hydroxylation is 2. The maximum atomic E-state index is 13.2. The van der Waals surface area contributed by atoms with Crippen molar-refractivity contribution in [3.8, 4) is 0 Å². The minimum absolute atomic E-state index is 0.0226. The lowest BCUT2D eigenvalue weighted by Gasteiger charge is -2.32. The van der Waals surface area contributed by atoms with Gasteiger partial charge >= 0.3 is 13.1 Å². The number of nitrogens with two attached hydrogens (primary N) is 2. The molecule has 1 aliphatic heterocycles. The molecular formula is C54H55BBrF3N10O5. The van der Waals surface area contributed by atoms with Gasteiger partial charge in [-0.3, -0.25) is 4.79 Å². The third-order valence-electron chi connectivity index (χ3n) is 10.9. The van der Waals surface area contributed by atoms with Gasteiger partial charge in [0, 0.05) is 29.4 Å². The summed E-state index contributed by atoms with van der Waals surface area (Å²) in [6.07, 6.45) is 6.30. The van der Waals surface area contributed by atoms with E-state index >= 15 is 0 Å². The number of carboxylic acids is 1. The quantitative estimate of drug-likeness (QED) is 0.0780. The molecule has 1 fully saturated rings. The van der Waals surface area contributed by atoms with Gasteiger partial charge in [-0.25, -0.2) is 32.9 Å². The molecule has 1 saturated heterocycles. The van der Waals surface area contributed by atoms with Crippen molar-refractivity contribution in [1.82, 2.24) is 35.3 Å². The Bertz CT molecular complexity index is 3040. The van der Waals surface area contributed by atoms with Crippen LogP contribution in [0.3, 0.4) is 0 Å². The Hall–Kier alpha value is -7.94. The highest BCUT2D eigenvalue weighted by Crippen LogP contribution is 2.36. The van der Waals surface area contributed by atoms with Crippen LogP contribution in [-0.4, -0.2) is 70.7 Å². The van der Waals surface area contributed by atoms with Gasteiger partial charge in [0.25, 0.3) is 5.91 Å². The van der Waals surface area contributed by atoms with Gasteiger partial charge in [-0.2, -0.15) is 10.2 Å². The van der Waals surface area contributed by atoms with Crippen molar-refractivity contribution in [2.45, 2.75) is 70.9 Å². The zero-order valence-electron chi connectivity index (χ0n) is 41.5. The average Bonchev–Trinajstić information content (AvgIpc) is 3.59. The summed E-state index contributed by atoms with van der Waals surface area (Å²) >= 11 is 3.22. The summed E-state index contributed by atoms with van der Waals surface area (Å²) in [5.41, 5.74) is 17.6. The Labute approximate surface area is 436 Å². The molecule has 0 saturated carbocycles. The van der Waals surface area contributed by atoms with Gasteiger partial charge in [0.2, 0.25) is 0 Å². The summed E-state index contributed by atoms with van der Waals surface area (Å²) in [7, 11) is -0.363. The standard InChI is InChI=1S/C18H15FN4O.C12H11FN2.C11H17BN2O2.C7H6BrF.C6H6N2O2/c1-12-5-7-16(23-22-12)18(24)21-17-8-6-14(11-20-17)9-13-3-2-4-15(19)10-13;13-11-3-1-2-9(7-11)6-10-4-5-12(14)15-8-10;1-10(2)11(3,4)16-12(15-10)8-5-6-9(13)14-7-8;8-5-6-2-1-3-7(9)4-6;1-4-2-3-5(6(9)10)8-7-4/h2-8,10-11H,9H2,1H3,(H,20,21,24);1-5,7-8H,6H2,(H2,14,15);5-7H,1-4H3,(H2,13,14);1-4H,5H2;2-3H,1H3,(H,9,10). The number of amides is 1. The summed E-state index contributed by atoms with van der Waals surface area (Å²) in [5, 5.41) is 26.4. The molecule has 1 amide bonds. The molecule has 0 bridgehead atoms. The second-order valence-electron chi connectivity index (χ2n) is 17.5. The molecule has 0 radical (unpaired) electrons. The topological polar surface area (TPSA) is 227 Å². The van der Waals surface area contributed by atoms with Gasteiger partial charge in [-0.15, -0.1) is 10.2 Å². The van der Waals surface area contributed by atoms with Crippen LogP contribution in [0.25, 0.3) is 0 Å². The van der Waals surface area contributed by atoms with Gasteiger partial charge < -0.3 is 31.2 Å². The first-order chi connectivity index (χ1) is 35.2. The maximum Gasteiger partial charge on any atom is 0.496 e. The lowest BCUT2D eigenvalue weighted by atomic mass is 9.80. The SMILES string of the molecule is CC1(C)OB(c2ccc(N)nc2)OC1(C)C.Cc1ccc(C(=O)Nc2ccc(Cc3cccc(F)c3)cn2)nn1.Cc1ccc(C(=O)O)nn1.Fc1cccc(CBr)c1.Nc1ccc(Cc2cccc(F)c2)cn1. The van der Waals surface area contributed by atoms with Gasteiger partial charge in [0.1, 0.15) is 34.9 Å². The van der Waals surface area contributed by atoms with Crippen molar-refractivity contribution in [2.75, 3.05) is 16.8 Å². The van der Waals surface area contributed by atoms with Crippen molar-refractivity contribution in [3.05, 3.63) is 220 Å². The molecule has 20 heteroatoms. The van der Waals surface area contributed by atoms with Crippen LogP contribution in [0.15, 0.2) is 152 Å². The molecule has 0 atom stereocenters. The van der Waals surface area contributed by atoms with Crippen molar-refractivity contribution in [1.29, 1.82) is 0 Å². The highest BCUT2D eigenvalue weighted by atomic mass is 79.9. The van der Waals surface area contributed by atoms with E-state index in [1.807, 2.05) is 64.1 Å². The molecule has 3 aromatic carbocycles. The number of hydrogen-bond donors (Lipinski definition) is 4. The molecule has 6 N–H and O–H groups in total. The number of alkyl halides is 1. The van der Waals surface area contributed by atoms with Crippen molar-refractivity contribution >= 4 is 57.8 Å². The van der Waals surface area contributed by atoms with Crippen LogP contribution >= 0.6 is 15.9 Å². The zero-order chi connectivity index (χ0) is 53.8. The number of nitrogen functional groups attached to an aromatic ring is 2. The van der Waals surface area contributed by atoms with Crippen LogP contribution in [0.5, 0.6) is 0 Å². The molecule has 0 unspecified atom stereocenters. The third kappa shape index (κ3) is 18.6. The van der Waals surface area contributed by atoms with E-state index in [9.17, 15) is 22.8 Å². The second-order valence-corrected chi connectivity index (χ2v) is 18.1. The molecule has 6 heterocycles. The Balaban J connectivity index is 0.000000179. The van der Waals surface area contributed by atoms with Crippen LogP contribution < -0.4 is 22.2 Å². The second kappa shape index (κ2) is 27.2. The number of nitrogens with zero attached hydrogens (tertiary/aromatic N) is 7. The molecule has 0 aliphatic carbocycles. The zero-order valence-corrected chi connectivity index (χ0v) is 43.1. The van der Waals surface area contributed by atoms with Crippen LogP contribution in [0.2, 0.25) is 0 Å². The fourth-order valence-corrected chi connectivity index (χ4v) is 6.63. The number of pyridine rings is 3. The molecular weight excluding hydrogens is 1020 g/mol. The lowest BCUT2D eigenvalue weighted by molar-refractivity contribution is 0.00578. The van der Waals surface area contributed by atoms with E-state index in [-0.39, 0.29) is 53.1 Å². The lowest BCUT2D eigenvalue weighted by Crippen LogP contribution is -2.41. The number of benzene rings is 3. The first-order valence-electron chi connectivity index (χ1n) is 22.9.